The van der Waals surface area contributed by atoms with Crippen LogP contribution >= 0.6 is 23.4 Å². The van der Waals surface area contributed by atoms with Gasteiger partial charge in [-0.15, -0.1) is 0 Å². The van der Waals surface area contributed by atoms with E-state index in [2.05, 4.69) is 15.0 Å². The summed E-state index contributed by atoms with van der Waals surface area (Å²) < 4.78 is 1.97. The van der Waals surface area contributed by atoms with E-state index < -0.39 is 0 Å². The van der Waals surface area contributed by atoms with Crippen LogP contribution < -0.4 is 5.56 Å². The molecule has 0 fully saturated rings. The summed E-state index contributed by atoms with van der Waals surface area (Å²) in [7, 11) is 0. The van der Waals surface area contributed by atoms with E-state index >= 15 is 0 Å². The fourth-order valence-electron chi connectivity index (χ4n) is 2.53. The van der Waals surface area contributed by atoms with Crippen molar-refractivity contribution in [2.45, 2.75) is 10.9 Å². The molecule has 124 valence electrons. The molecule has 0 aliphatic rings. The van der Waals surface area contributed by atoms with Crippen molar-refractivity contribution in [1.82, 2.24) is 19.5 Å². The standard InChI is InChI=1S/C18H13ClN4OS/c19-12-5-7-13(8-6-12)23-10-9-20-18(23)25-11-16-21-15-4-2-1-3-14(15)17(24)22-16/h1-10H,11H2,(H,21,22,24). The molecule has 0 aliphatic carbocycles. The Labute approximate surface area is 152 Å². The zero-order valence-corrected chi connectivity index (χ0v) is 14.6. The number of hydrogen-bond donors (Lipinski definition) is 1. The largest absolute Gasteiger partial charge is 0.309 e. The van der Waals surface area contributed by atoms with Crippen molar-refractivity contribution in [3.63, 3.8) is 0 Å². The molecule has 5 nitrogen and oxygen atoms in total. The van der Waals surface area contributed by atoms with Gasteiger partial charge in [-0.1, -0.05) is 35.5 Å². The third-order valence-corrected chi connectivity index (χ3v) is 4.94. The van der Waals surface area contributed by atoms with Crippen LogP contribution in [-0.2, 0) is 5.75 Å². The number of benzene rings is 2. The average Bonchev–Trinajstić information content (AvgIpc) is 3.09. The van der Waals surface area contributed by atoms with E-state index in [1.165, 1.54) is 11.8 Å². The van der Waals surface area contributed by atoms with Crippen LogP contribution in [0.25, 0.3) is 16.6 Å². The Kier molecular flexibility index (Phi) is 4.29. The second kappa shape index (κ2) is 6.74. The van der Waals surface area contributed by atoms with Gasteiger partial charge < -0.3 is 4.98 Å². The number of nitrogens with one attached hydrogen (secondary N) is 1. The van der Waals surface area contributed by atoms with Gasteiger partial charge in [-0.05, 0) is 36.4 Å². The molecule has 0 bridgehead atoms. The van der Waals surface area contributed by atoms with Crippen LogP contribution in [0.1, 0.15) is 5.82 Å². The smallest absolute Gasteiger partial charge is 0.258 e. The maximum absolute atomic E-state index is 12.1. The third kappa shape index (κ3) is 3.31. The molecule has 0 radical (unpaired) electrons. The lowest BCUT2D eigenvalue weighted by Crippen LogP contribution is -2.11. The molecule has 2 aromatic heterocycles. The molecule has 0 atom stereocenters. The molecule has 1 N–H and O–H groups in total. The van der Waals surface area contributed by atoms with Gasteiger partial charge in [0.1, 0.15) is 5.82 Å². The predicted molar refractivity (Wildman–Crippen MR) is 100 cm³/mol. The second-order valence-electron chi connectivity index (χ2n) is 5.37. The summed E-state index contributed by atoms with van der Waals surface area (Å²) in [6, 6.07) is 14.9. The lowest BCUT2D eigenvalue weighted by Gasteiger charge is -2.07. The minimum absolute atomic E-state index is 0.123. The highest BCUT2D eigenvalue weighted by Crippen LogP contribution is 2.24. The summed E-state index contributed by atoms with van der Waals surface area (Å²) in [4.78, 5) is 23.9. The molecule has 2 heterocycles. The Morgan fingerprint density at radius 3 is 2.76 bits per heavy atom. The Morgan fingerprint density at radius 1 is 1.12 bits per heavy atom. The number of fused-ring (bicyclic) bond motifs is 1. The lowest BCUT2D eigenvalue weighted by molar-refractivity contribution is 0.892. The van der Waals surface area contributed by atoms with Gasteiger partial charge in [0.2, 0.25) is 0 Å². The molecular weight excluding hydrogens is 356 g/mol. The van der Waals surface area contributed by atoms with Crippen LogP contribution in [0.3, 0.4) is 0 Å². The number of H-pyrrole nitrogens is 1. The molecule has 0 amide bonds. The van der Waals surface area contributed by atoms with Crippen LogP contribution in [0, 0.1) is 0 Å². The Bertz CT molecular complexity index is 1090. The SMILES string of the molecule is O=c1[nH]c(CSc2nccn2-c2ccc(Cl)cc2)nc2ccccc12. The number of nitrogens with zero attached hydrogens (tertiary/aromatic N) is 3. The molecule has 0 saturated heterocycles. The number of thioether (sulfide) groups is 1. The Morgan fingerprint density at radius 2 is 1.92 bits per heavy atom. The Hall–Kier alpha value is -2.57. The zero-order chi connectivity index (χ0) is 17.2. The number of hydrogen-bond acceptors (Lipinski definition) is 4. The third-order valence-electron chi connectivity index (χ3n) is 3.71. The fourth-order valence-corrected chi connectivity index (χ4v) is 3.50. The number of para-hydroxylation sites is 1. The number of halogens is 1. The summed E-state index contributed by atoms with van der Waals surface area (Å²) >= 11 is 7.45. The summed E-state index contributed by atoms with van der Waals surface area (Å²) in [6.07, 6.45) is 3.63. The minimum Gasteiger partial charge on any atom is -0.309 e. The van der Waals surface area contributed by atoms with Gasteiger partial charge in [0.15, 0.2) is 5.16 Å². The topological polar surface area (TPSA) is 63.6 Å². The van der Waals surface area contributed by atoms with Crippen molar-refractivity contribution in [3.05, 3.63) is 82.1 Å². The average molecular weight is 369 g/mol. The van der Waals surface area contributed by atoms with E-state index in [4.69, 9.17) is 11.6 Å². The number of aromatic nitrogens is 4. The molecule has 4 aromatic rings. The van der Waals surface area contributed by atoms with Crippen molar-refractivity contribution in [3.8, 4) is 5.69 Å². The van der Waals surface area contributed by atoms with Gasteiger partial charge in [-0.3, -0.25) is 9.36 Å². The predicted octanol–water partition coefficient (Wildman–Crippen LogP) is 4.05. The first-order chi connectivity index (χ1) is 12.2. The van der Waals surface area contributed by atoms with Gasteiger partial charge in [0, 0.05) is 23.1 Å². The summed E-state index contributed by atoms with van der Waals surface area (Å²) in [5.41, 5.74) is 1.55. The molecule has 25 heavy (non-hydrogen) atoms. The van der Waals surface area contributed by atoms with Crippen molar-refractivity contribution >= 4 is 34.3 Å². The van der Waals surface area contributed by atoms with Gasteiger partial charge >= 0.3 is 0 Å². The maximum atomic E-state index is 12.1. The number of imidazole rings is 1. The van der Waals surface area contributed by atoms with Crippen LogP contribution in [0.5, 0.6) is 0 Å². The highest BCUT2D eigenvalue weighted by atomic mass is 35.5. The van der Waals surface area contributed by atoms with Gasteiger partial charge in [0.25, 0.3) is 5.56 Å². The quantitative estimate of drug-likeness (QED) is 0.552. The van der Waals surface area contributed by atoms with Crippen molar-refractivity contribution in [1.29, 1.82) is 0 Å². The normalized spacial score (nSPS) is 11.1. The summed E-state index contributed by atoms with van der Waals surface area (Å²) in [6.45, 7) is 0. The van der Waals surface area contributed by atoms with E-state index in [1.807, 2.05) is 53.2 Å². The van der Waals surface area contributed by atoms with E-state index in [0.29, 0.717) is 27.5 Å². The van der Waals surface area contributed by atoms with Crippen molar-refractivity contribution in [2.24, 2.45) is 0 Å². The molecular formula is C18H13ClN4OS. The summed E-state index contributed by atoms with van der Waals surface area (Å²) in [5, 5.41) is 2.10. The zero-order valence-electron chi connectivity index (χ0n) is 13.0. The van der Waals surface area contributed by atoms with Crippen LogP contribution in [-0.4, -0.2) is 19.5 Å². The van der Waals surface area contributed by atoms with Crippen LogP contribution in [0.15, 0.2) is 70.9 Å². The second-order valence-corrected chi connectivity index (χ2v) is 6.75. The van der Waals surface area contributed by atoms with Crippen molar-refractivity contribution < 1.29 is 0 Å². The van der Waals surface area contributed by atoms with E-state index in [9.17, 15) is 4.79 Å². The first-order valence-electron chi connectivity index (χ1n) is 7.61. The van der Waals surface area contributed by atoms with E-state index in [0.717, 1.165) is 10.8 Å². The lowest BCUT2D eigenvalue weighted by atomic mass is 10.2. The van der Waals surface area contributed by atoms with Crippen LogP contribution in [0.2, 0.25) is 5.02 Å². The van der Waals surface area contributed by atoms with E-state index in [1.54, 1.807) is 12.3 Å². The minimum atomic E-state index is -0.123. The van der Waals surface area contributed by atoms with E-state index in [-0.39, 0.29) is 5.56 Å². The molecule has 0 aliphatic heterocycles. The molecule has 0 spiro atoms. The number of aromatic amines is 1. The monoisotopic (exact) mass is 368 g/mol. The van der Waals surface area contributed by atoms with Gasteiger partial charge in [-0.25, -0.2) is 9.97 Å². The highest BCUT2D eigenvalue weighted by Gasteiger charge is 2.09. The molecule has 7 heteroatoms. The first-order valence-corrected chi connectivity index (χ1v) is 8.97. The van der Waals surface area contributed by atoms with Gasteiger partial charge in [-0.2, -0.15) is 0 Å². The molecule has 0 saturated carbocycles. The number of rotatable bonds is 4. The molecule has 4 rings (SSSR count). The van der Waals surface area contributed by atoms with Crippen LogP contribution in [0.4, 0.5) is 0 Å². The maximum Gasteiger partial charge on any atom is 0.258 e. The van der Waals surface area contributed by atoms with Gasteiger partial charge in [0.05, 0.1) is 16.7 Å². The molecule has 2 aromatic carbocycles. The van der Waals surface area contributed by atoms with Crippen molar-refractivity contribution in [2.75, 3.05) is 0 Å². The highest BCUT2D eigenvalue weighted by molar-refractivity contribution is 7.98. The fraction of sp³-hybridized carbons (Fsp3) is 0.0556. The summed E-state index contributed by atoms with van der Waals surface area (Å²) in [5.74, 6) is 1.14. The Balaban J connectivity index is 1.59. The molecule has 0 unspecified atom stereocenters. The first kappa shape index (κ1) is 15.9.